The van der Waals surface area contributed by atoms with Crippen LogP contribution in [-0.4, -0.2) is 60.6 Å². The van der Waals surface area contributed by atoms with Gasteiger partial charge in [-0.15, -0.1) is 0 Å². The molecule has 0 bridgehead atoms. The third kappa shape index (κ3) is 6.30. The normalized spacial score (nSPS) is 13.7. The summed E-state index contributed by atoms with van der Waals surface area (Å²) in [6.07, 6.45) is 2.98. The Bertz CT molecular complexity index is 1350. The summed E-state index contributed by atoms with van der Waals surface area (Å²) < 4.78 is 52.2. The Morgan fingerprint density at radius 1 is 1.14 bits per heavy atom. The first-order valence-corrected chi connectivity index (χ1v) is 14.0. The highest BCUT2D eigenvalue weighted by Gasteiger charge is 2.33. The molecule has 0 atom stereocenters. The monoisotopic (exact) mass is 534 g/mol. The van der Waals surface area contributed by atoms with Crippen molar-refractivity contribution < 1.29 is 36.5 Å². The number of carbonyl (C=O) groups is 1. The molecule has 0 aliphatic heterocycles. The molecule has 0 unspecified atom stereocenters. The topological polar surface area (TPSA) is 107 Å². The Kier molecular flexibility index (Phi) is 8.48. The largest absolute Gasteiger partial charge is 0.455 e. The van der Waals surface area contributed by atoms with Crippen molar-refractivity contribution in [1.29, 1.82) is 0 Å². The van der Waals surface area contributed by atoms with Crippen LogP contribution in [0.4, 0.5) is 10.1 Å². The molecular formula is C26H31FN2O7S. The van der Waals surface area contributed by atoms with Gasteiger partial charge in [-0.2, -0.15) is 0 Å². The van der Waals surface area contributed by atoms with Crippen molar-refractivity contribution in [3.8, 4) is 11.3 Å². The van der Waals surface area contributed by atoms with Gasteiger partial charge in [0.15, 0.2) is 0 Å². The first-order valence-electron chi connectivity index (χ1n) is 12.1. The van der Waals surface area contributed by atoms with Crippen LogP contribution >= 0.6 is 0 Å². The summed E-state index contributed by atoms with van der Waals surface area (Å²) in [5.74, 6) is -0.298. The third-order valence-electron chi connectivity index (χ3n) is 6.03. The van der Waals surface area contributed by atoms with Crippen molar-refractivity contribution in [1.82, 2.24) is 5.32 Å². The van der Waals surface area contributed by atoms with Crippen LogP contribution in [0.2, 0.25) is 0 Å². The minimum atomic E-state index is -3.66. The number of amides is 1. The van der Waals surface area contributed by atoms with Gasteiger partial charge in [0.2, 0.25) is 10.0 Å². The number of carbonyl (C=O) groups excluding carboxylic acids is 1. The van der Waals surface area contributed by atoms with Crippen molar-refractivity contribution in [2.75, 3.05) is 50.6 Å². The zero-order chi connectivity index (χ0) is 26.6. The van der Waals surface area contributed by atoms with Gasteiger partial charge in [0, 0.05) is 24.1 Å². The summed E-state index contributed by atoms with van der Waals surface area (Å²) in [4.78, 5) is 22.6. The summed E-state index contributed by atoms with van der Waals surface area (Å²) in [6, 6.07) is 9.18. The fourth-order valence-corrected chi connectivity index (χ4v) is 5.11. The van der Waals surface area contributed by atoms with E-state index in [1.54, 1.807) is 13.0 Å². The number of furan rings is 1. The molecule has 1 aromatic heterocycles. The molecule has 1 aliphatic rings. The lowest BCUT2D eigenvalue weighted by molar-refractivity contribution is -0.295. The Labute approximate surface area is 215 Å². The zero-order valence-electron chi connectivity index (χ0n) is 21.1. The molecule has 1 fully saturated rings. The number of anilines is 1. The highest BCUT2D eigenvalue weighted by atomic mass is 32.2. The molecule has 1 saturated carbocycles. The van der Waals surface area contributed by atoms with E-state index in [0.717, 1.165) is 24.7 Å². The number of hydrogen-bond acceptors (Lipinski definition) is 7. The minimum absolute atomic E-state index is 0.0898. The van der Waals surface area contributed by atoms with E-state index in [9.17, 15) is 17.6 Å². The standard InChI is InChI=1S/C26H31FN2O7S/c1-4-34-35-14-13-33-12-11-29(37(3,31)32)22-16-23-21(15-20(22)17-5-6-17)24(26(30)28-2)25(36-23)18-7-9-19(27)10-8-18/h7-10,15-17H,4-6,11-14H2,1-3H3,(H,28,30). The number of nitrogens with zero attached hydrogens (tertiary/aromatic N) is 1. The van der Waals surface area contributed by atoms with Gasteiger partial charge in [-0.25, -0.2) is 22.6 Å². The fourth-order valence-electron chi connectivity index (χ4n) is 4.19. The molecule has 4 rings (SSSR count). The molecule has 3 aromatic rings. The van der Waals surface area contributed by atoms with Crippen LogP contribution in [0.25, 0.3) is 22.3 Å². The second kappa shape index (κ2) is 11.6. The average Bonchev–Trinajstić information content (AvgIpc) is 3.64. The summed E-state index contributed by atoms with van der Waals surface area (Å²) in [6.45, 7) is 2.94. The molecule has 0 radical (unpaired) electrons. The lowest BCUT2D eigenvalue weighted by Gasteiger charge is -2.25. The number of fused-ring (bicyclic) bond motifs is 1. The zero-order valence-corrected chi connectivity index (χ0v) is 21.9. The van der Waals surface area contributed by atoms with E-state index in [4.69, 9.17) is 18.9 Å². The van der Waals surface area contributed by atoms with Gasteiger partial charge in [0.1, 0.15) is 23.8 Å². The molecule has 200 valence electrons. The van der Waals surface area contributed by atoms with Crippen LogP contribution in [0.3, 0.4) is 0 Å². The number of ether oxygens (including phenoxy) is 1. The SMILES string of the molecule is CCOOCCOCCN(c1cc2oc(-c3ccc(F)cc3)c(C(=O)NC)c2cc1C1CC1)S(C)(=O)=O. The van der Waals surface area contributed by atoms with E-state index >= 15 is 0 Å². The second-order valence-corrected chi connectivity index (χ2v) is 10.7. The molecule has 11 heteroatoms. The van der Waals surface area contributed by atoms with Crippen molar-refractivity contribution in [2.24, 2.45) is 0 Å². The third-order valence-corrected chi connectivity index (χ3v) is 7.21. The van der Waals surface area contributed by atoms with Gasteiger partial charge in [-0.05, 0) is 61.6 Å². The Morgan fingerprint density at radius 3 is 2.49 bits per heavy atom. The number of sulfonamides is 1. The van der Waals surface area contributed by atoms with E-state index in [0.29, 0.717) is 34.4 Å². The van der Waals surface area contributed by atoms with Crippen molar-refractivity contribution in [3.05, 3.63) is 53.3 Å². The molecule has 0 spiro atoms. The molecule has 1 aliphatic carbocycles. The summed E-state index contributed by atoms with van der Waals surface area (Å²) in [5, 5.41) is 3.22. The van der Waals surface area contributed by atoms with Crippen LogP contribution < -0.4 is 9.62 Å². The van der Waals surface area contributed by atoms with Gasteiger partial charge in [-0.1, -0.05) is 0 Å². The second-order valence-electron chi connectivity index (χ2n) is 8.75. The van der Waals surface area contributed by atoms with Crippen LogP contribution in [0, 0.1) is 5.82 Å². The summed E-state index contributed by atoms with van der Waals surface area (Å²) in [5.41, 5.74) is 2.54. The quantitative estimate of drug-likeness (QED) is 0.199. The van der Waals surface area contributed by atoms with Gasteiger partial charge in [-0.3, -0.25) is 9.10 Å². The maximum absolute atomic E-state index is 13.5. The predicted molar refractivity (Wildman–Crippen MR) is 138 cm³/mol. The van der Waals surface area contributed by atoms with Crippen LogP contribution in [0.15, 0.2) is 40.8 Å². The van der Waals surface area contributed by atoms with E-state index in [1.165, 1.54) is 35.6 Å². The van der Waals surface area contributed by atoms with E-state index < -0.39 is 15.8 Å². The van der Waals surface area contributed by atoms with Gasteiger partial charge in [0.05, 0.1) is 43.9 Å². The predicted octanol–water partition coefficient (Wildman–Crippen LogP) is 4.23. The van der Waals surface area contributed by atoms with Gasteiger partial charge in [0.25, 0.3) is 5.91 Å². The van der Waals surface area contributed by atoms with E-state index in [-0.39, 0.29) is 44.0 Å². The van der Waals surface area contributed by atoms with Crippen LogP contribution in [0.5, 0.6) is 0 Å². The fraction of sp³-hybridized carbons (Fsp3) is 0.423. The molecule has 37 heavy (non-hydrogen) atoms. The highest BCUT2D eigenvalue weighted by Crippen LogP contribution is 2.48. The maximum Gasteiger partial charge on any atom is 0.255 e. The number of benzene rings is 2. The molecule has 9 nitrogen and oxygen atoms in total. The van der Waals surface area contributed by atoms with Crippen molar-refractivity contribution in [3.63, 3.8) is 0 Å². The van der Waals surface area contributed by atoms with Crippen LogP contribution in [-0.2, 0) is 24.5 Å². The van der Waals surface area contributed by atoms with E-state index in [1.807, 2.05) is 6.07 Å². The van der Waals surface area contributed by atoms with E-state index in [2.05, 4.69) is 5.32 Å². The average molecular weight is 535 g/mol. The highest BCUT2D eigenvalue weighted by molar-refractivity contribution is 7.92. The van der Waals surface area contributed by atoms with Crippen molar-refractivity contribution >= 4 is 32.6 Å². The van der Waals surface area contributed by atoms with Crippen molar-refractivity contribution in [2.45, 2.75) is 25.7 Å². The number of rotatable bonds is 13. The molecule has 0 saturated heterocycles. The number of hydrogen-bond donors (Lipinski definition) is 1. The molecule has 1 N–H and O–H groups in total. The summed E-state index contributed by atoms with van der Waals surface area (Å²) in [7, 11) is -2.14. The van der Waals surface area contributed by atoms with Crippen LogP contribution in [0.1, 0.15) is 41.6 Å². The Morgan fingerprint density at radius 2 is 1.86 bits per heavy atom. The lowest BCUT2D eigenvalue weighted by Crippen LogP contribution is -2.34. The minimum Gasteiger partial charge on any atom is -0.455 e. The Balaban J connectivity index is 1.74. The Hall–Kier alpha value is -2.99. The lowest BCUT2D eigenvalue weighted by atomic mass is 10.0. The molecular weight excluding hydrogens is 503 g/mol. The summed E-state index contributed by atoms with van der Waals surface area (Å²) >= 11 is 0. The number of nitrogens with one attached hydrogen (secondary N) is 1. The molecule has 2 aromatic carbocycles. The smallest absolute Gasteiger partial charge is 0.255 e. The first kappa shape index (κ1) is 27.1. The van der Waals surface area contributed by atoms with Gasteiger partial charge < -0.3 is 14.5 Å². The maximum atomic E-state index is 13.5. The molecule has 1 heterocycles. The molecule has 1 amide bonds. The van der Waals surface area contributed by atoms with Gasteiger partial charge >= 0.3 is 0 Å². The first-order chi connectivity index (χ1) is 17.7. The number of halogens is 1.